The summed E-state index contributed by atoms with van der Waals surface area (Å²) in [4.78, 5) is 33.6. The fourth-order valence-corrected chi connectivity index (χ4v) is 6.59. The minimum atomic E-state index is -0.973. The van der Waals surface area contributed by atoms with Crippen molar-refractivity contribution in [3.8, 4) is 23.0 Å². The number of hydrogen-bond acceptors (Lipinski definition) is 9. The maximum Gasteiger partial charge on any atom is 0.301 e. The van der Waals surface area contributed by atoms with Crippen LogP contribution in [0.4, 0.5) is 5.13 Å². The van der Waals surface area contributed by atoms with E-state index in [0.29, 0.717) is 58.0 Å². The molecular weight excluding hydrogens is 580 g/mol. The van der Waals surface area contributed by atoms with Crippen LogP contribution in [0, 0.1) is 5.92 Å². The van der Waals surface area contributed by atoms with Crippen molar-refractivity contribution < 1.29 is 33.6 Å². The number of benzene rings is 3. The molecule has 1 N–H and O–H groups in total. The molecule has 1 aromatic heterocycles. The third kappa shape index (κ3) is 5.34. The van der Waals surface area contributed by atoms with Crippen LogP contribution in [-0.4, -0.2) is 48.7 Å². The van der Waals surface area contributed by atoms with Crippen molar-refractivity contribution in [2.75, 3.05) is 25.7 Å². The van der Waals surface area contributed by atoms with Crippen LogP contribution >= 0.6 is 11.3 Å². The van der Waals surface area contributed by atoms with Crippen molar-refractivity contribution in [2.24, 2.45) is 5.92 Å². The topological polar surface area (TPSA) is 107 Å². The molecule has 3 aromatic carbocycles. The number of carbonyl (C=O) groups excluding carboxylic acids is 2. The van der Waals surface area contributed by atoms with Crippen LogP contribution in [-0.2, 0) is 16.0 Å². The molecule has 4 aromatic rings. The van der Waals surface area contributed by atoms with Crippen molar-refractivity contribution in [3.63, 3.8) is 0 Å². The van der Waals surface area contributed by atoms with Gasteiger partial charge in [0, 0.05) is 12.0 Å². The van der Waals surface area contributed by atoms with Crippen molar-refractivity contribution >= 4 is 44.1 Å². The Hall–Kier alpha value is -4.57. The lowest BCUT2D eigenvalue weighted by Crippen LogP contribution is -2.29. The molecule has 0 spiro atoms. The Morgan fingerprint density at radius 1 is 1.07 bits per heavy atom. The number of amides is 1. The quantitative estimate of drug-likeness (QED) is 0.126. The largest absolute Gasteiger partial charge is 0.507 e. The summed E-state index contributed by atoms with van der Waals surface area (Å²) < 4.78 is 23.7. The monoisotopic (exact) mass is 614 g/mol. The van der Waals surface area contributed by atoms with Gasteiger partial charge >= 0.3 is 5.91 Å². The fraction of sp³-hybridized carbons (Fsp3) is 0.324. The number of ether oxygens (including phenoxy) is 4. The summed E-state index contributed by atoms with van der Waals surface area (Å²) in [5, 5.41) is 12.0. The molecule has 2 atom stereocenters. The van der Waals surface area contributed by atoms with Crippen LogP contribution in [0.15, 0.2) is 60.2 Å². The average molecular weight is 615 g/mol. The van der Waals surface area contributed by atoms with Crippen molar-refractivity contribution in [2.45, 2.75) is 45.8 Å². The van der Waals surface area contributed by atoms with Gasteiger partial charge in [0.2, 0.25) is 0 Å². The second-order valence-electron chi connectivity index (χ2n) is 11.4. The maximum atomic E-state index is 13.8. The lowest BCUT2D eigenvalue weighted by atomic mass is 9.94. The molecule has 6 rings (SSSR count). The number of fused-ring (bicyclic) bond motifs is 2. The van der Waals surface area contributed by atoms with Crippen LogP contribution in [0.3, 0.4) is 0 Å². The van der Waals surface area contributed by atoms with E-state index in [1.165, 1.54) is 16.2 Å². The van der Waals surface area contributed by atoms with Crippen LogP contribution in [0.5, 0.6) is 23.0 Å². The molecule has 44 heavy (non-hydrogen) atoms. The maximum absolute atomic E-state index is 13.8. The lowest BCUT2D eigenvalue weighted by molar-refractivity contribution is -0.132. The van der Waals surface area contributed by atoms with Crippen LogP contribution in [0.25, 0.3) is 16.0 Å². The van der Waals surface area contributed by atoms with Crippen molar-refractivity contribution in [1.29, 1.82) is 0 Å². The van der Waals surface area contributed by atoms with Crippen LogP contribution < -0.4 is 23.8 Å². The normalized spacial score (nSPS) is 19.0. The van der Waals surface area contributed by atoms with Gasteiger partial charge in [0.1, 0.15) is 23.4 Å². The van der Waals surface area contributed by atoms with E-state index in [1.807, 2.05) is 19.1 Å². The predicted octanol–water partition coefficient (Wildman–Crippen LogP) is 6.69. The molecule has 1 fully saturated rings. The van der Waals surface area contributed by atoms with E-state index in [2.05, 4.69) is 13.8 Å². The van der Waals surface area contributed by atoms with Gasteiger partial charge in [0.05, 0.1) is 42.7 Å². The molecule has 0 saturated carbocycles. The van der Waals surface area contributed by atoms with E-state index < -0.39 is 17.7 Å². The van der Waals surface area contributed by atoms with Gasteiger partial charge < -0.3 is 24.1 Å². The molecular formula is C34H34N2O7S. The highest BCUT2D eigenvalue weighted by Gasteiger charge is 2.48. The molecule has 3 heterocycles. The van der Waals surface area contributed by atoms with E-state index in [4.69, 9.17) is 23.9 Å². The highest BCUT2D eigenvalue weighted by Crippen LogP contribution is 2.46. The summed E-state index contributed by atoms with van der Waals surface area (Å²) in [6.45, 7) is 6.74. The third-order valence-corrected chi connectivity index (χ3v) is 8.88. The highest BCUT2D eigenvalue weighted by molar-refractivity contribution is 7.22. The van der Waals surface area contributed by atoms with Crippen molar-refractivity contribution in [1.82, 2.24) is 4.98 Å². The number of rotatable bonds is 9. The average Bonchev–Trinajstić information content (AvgIpc) is 3.68. The minimum Gasteiger partial charge on any atom is -0.507 e. The predicted molar refractivity (Wildman–Crippen MR) is 169 cm³/mol. The number of aliphatic hydroxyl groups is 1. The van der Waals surface area contributed by atoms with Gasteiger partial charge in [-0.25, -0.2) is 4.98 Å². The van der Waals surface area contributed by atoms with Gasteiger partial charge in [-0.3, -0.25) is 14.5 Å². The van der Waals surface area contributed by atoms with E-state index in [9.17, 15) is 14.7 Å². The van der Waals surface area contributed by atoms with Gasteiger partial charge in [-0.2, -0.15) is 0 Å². The molecule has 1 saturated heterocycles. The van der Waals surface area contributed by atoms with E-state index in [0.717, 1.165) is 22.4 Å². The Bertz CT molecular complexity index is 1790. The van der Waals surface area contributed by atoms with Gasteiger partial charge in [-0.1, -0.05) is 31.3 Å². The summed E-state index contributed by atoms with van der Waals surface area (Å²) in [5.74, 6) is 1.03. The van der Waals surface area contributed by atoms with E-state index >= 15 is 0 Å². The lowest BCUT2D eigenvalue weighted by Gasteiger charge is -2.24. The number of aromatic nitrogens is 1. The van der Waals surface area contributed by atoms with Crippen LogP contribution in [0.1, 0.15) is 49.9 Å². The fourth-order valence-electron chi connectivity index (χ4n) is 5.57. The molecule has 2 aliphatic heterocycles. The number of Topliss-reactive ketones (excluding diaryl/α,β-unsaturated/α-hetero) is 1. The minimum absolute atomic E-state index is 0.0133. The first kappa shape index (κ1) is 29.5. The number of carbonyl (C=O) groups is 2. The van der Waals surface area contributed by atoms with Crippen LogP contribution in [0.2, 0.25) is 0 Å². The molecule has 9 nitrogen and oxygen atoms in total. The SMILES string of the molecule is COc1ccc2nc(N3C(=O)C(=O)/C(=C(/O)c4ccc5c(c4)CC(C)O5)C3c3ccc(OCCC(C)C)c(OC)c3)sc2c1. The number of methoxy groups -OCH3 is 2. The standard InChI is InChI=1S/C34H34N2O7S/c1-18(2)12-13-42-26-11-6-20(16-27(26)41-5)30-29(31(37)21-7-10-25-22(15-21)14-19(3)43-25)32(38)33(39)36(30)34-35-24-9-8-23(40-4)17-28(24)44-34/h6-11,15-19,30,37H,12-14H2,1-5H3/b31-29+. The first-order valence-electron chi connectivity index (χ1n) is 14.5. The third-order valence-electron chi connectivity index (χ3n) is 7.86. The van der Waals surface area contributed by atoms with E-state index in [-0.39, 0.29) is 17.4 Å². The van der Waals surface area contributed by atoms with Gasteiger partial charge in [0.15, 0.2) is 16.6 Å². The number of ketones is 1. The Kier molecular flexibility index (Phi) is 7.94. The molecule has 0 bridgehead atoms. The zero-order valence-corrected chi connectivity index (χ0v) is 26.1. The molecule has 2 aliphatic rings. The summed E-state index contributed by atoms with van der Waals surface area (Å²) in [5.41, 5.74) is 2.55. The second-order valence-corrected chi connectivity index (χ2v) is 12.4. The summed E-state index contributed by atoms with van der Waals surface area (Å²) in [6, 6.07) is 15.1. The Morgan fingerprint density at radius 2 is 1.89 bits per heavy atom. The molecule has 0 aliphatic carbocycles. The van der Waals surface area contributed by atoms with Crippen molar-refractivity contribution in [3.05, 3.63) is 76.9 Å². The number of hydrogen-bond donors (Lipinski definition) is 1. The molecule has 10 heteroatoms. The Labute approximate surface area is 259 Å². The Balaban J connectivity index is 1.49. The van der Waals surface area contributed by atoms with Gasteiger partial charge in [0.25, 0.3) is 5.78 Å². The highest BCUT2D eigenvalue weighted by atomic mass is 32.1. The molecule has 0 radical (unpaired) electrons. The number of thiazole rings is 1. The second kappa shape index (κ2) is 11.8. The summed E-state index contributed by atoms with van der Waals surface area (Å²) in [7, 11) is 3.12. The number of anilines is 1. The zero-order valence-electron chi connectivity index (χ0n) is 25.2. The summed E-state index contributed by atoms with van der Waals surface area (Å²) in [6.07, 6.45) is 1.57. The number of aliphatic hydroxyl groups excluding tert-OH is 1. The first-order chi connectivity index (χ1) is 21.2. The molecule has 2 unspecified atom stereocenters. The zero-order chi connectivity index (χ0) is 31.1. The van der Waals surface area contributed by atoms with Gasteiger partial charge in [-0.15, -0.1) is 0 Å². The number of nitrogens with zero attached hydrogens (tertiary/aromatic N) is 2. The van der Waals surface area contributed by atoms with E-state index in [1.54, 1.807) is 56.7 Å². The smallest absolute Gasteiger partial charge is 0.301 e. The molecule has 228 valence electrons. The first-order valence-corrected chi connectivity index (χ1v) is 15.4. The summed E-state index contributed by atoms with van der Waals surface area (Å²) >= 11 is 1.27. The molecule has 1 amide bonds. The van der Waals surface area contributed by atoms with Gasteiger partial charge in [-0.05, 0) is 78.9 Å². The Morgan fingerprint density at radius 3 is 2.64 bits per heavy atom.